The number of anilines is 2. The normalized spacial score (nSPS) is 9.80. The number of rotatable bonds is 6. The molecule has 4 nitrogen and oxygen atoms in total. The fourth-order valence-electron chi connectivity index (χ4n) is 1.83. The average Bonchev–Trinajstić information content (AvgIpc) is 2.49. The Bertz CT molecular complexity index is 587. The maximum absolute atomic E-state index is 8.93. The zero-order chi connectivity index (χ0) is 14.2. The van der Waals surface area contributed by atoms with Crippen molar-refractivity contribution in [3.8, 4) is 6.07 Å². The van der Waals surface area contributed by atoms with Crippen LogP contribution in [0.4, 0.5) is 11.5 Å². The molecule has 2 aromatic rings. The van der Waals surface area contributed by atoms with E-state index in [0.29, 0.717) is 5.69 Å². The molecule has 102 valence electrons. The zero-order valence-corrected chi connectivity index (χ0v) is 11.6. The van der Waals surface area contributed by atoms with Crippen molar-refractivity contribution in [2.45, 2.75) is 13.3 Å². The third-order valence-electron chi connectivity index (χ3n) is 2.97. The summed E-state index contributed by atoms with van der Waals surface area (Å²) in [5, 5.41) is 15.5. The molecule has 0 unspecified atom stereocenters. The van der Waals surface area contributed by atoms with Crippen LogP contribution in [-0.2, 0) is 0 Å². The molecule has 0 saturated heterocycles. The molecule has 1 aromatic heterocycles. The van der Waals surface area contributed by atoms with Crippen molar-refractivity contribution >= 4 is 11.5 Å². The number of hydrogen-bond acceptors (Lipinski definition) is 4. The van der Waals surface area contributed by atoms with Crippen molar-refractivity contribution in [3.63, 3.8) is 0 Å². The third-order valence-corrected chi connectivity index (χ3v) is 2.97. The van der Waals surface area contributed by atoms with Gasteiger partial charge in [-0.05, 0) is 37.1 Å². The number of aryl methyl sites for hydroxylation is 1. The highest BCUT2D eigenvalue weighted by atomic mass is 15.0. The lowest BCUT2D eigenvalue weighted by Gasteiger charge is -2.08. The number of nitrogens with zero attached hydrogens (tertiary/aromatic N) is 2. The summed E-state index contributed by atoms with van der Waals surface area (Å²) in [5.74, 6) is 0.756. The lowest BCUT2D eigenvalue weighted by atomic mass is 10.2. The van der Waals surface area contributed by atoms with E-state index in [1.165, 1.54) is 0 Å². The van der Waals surface area contributed by atoms with Gasteiger partial charge in [0.15, 0.2) is 0 Å². The quantitative estimate of drug-likeness (QED) is 0.788. The Labute approximate surface area is 119 Å². The van der Waals surface area contributed by atoms with E-state index in [1.807, 2.05) is 49.4 Å². The summed E-state index contributed by atoms with van der Waals surface area (Å²) in [4.78, 5) is 4.25. The molecule has 2 rings (SSSR count). The molecule has 0 radical (unpaired) electrons. The number of nitriles is 1. The molecule has 2 N–H and O–H groups in total. The minimum Gasteiger partial charge on any atom is -0.385 e. The van der Waals surface area contributed by atoms with E-state index in [0.717, 1.165) is 36.6 Å². The van der Waals surface area contributed by atoms with Gasteiger partial charge >= 0.3 is 0 Å². The SMILES string of the molecule is Cc1ccc(NCCCNc2ccccc2)nc1C#N. The van der Waals surface area contributed by atoms with Crippen molar-refractivity contribution in [1.29, 1.82) is 5.26 Å². The van der Waals surface area contributed by atoms with Crippen molar-refractivity contribution < 1.29 is 0 Å². The maximum Gasteiger partial charge on any atom is 0.145 e. The van der Waals surface area contributed by atoms with Crippen molar-refractivity contribution in [2.75, 3.05) is 23.7 Å². The molecule has 0 atom stereocenters. The van der Waals surface area contributed by atoms with Crippen LogP contribution < -0.4 is 10.6 Å². The van der Waals surface area contributed by atoms with E-state index in [2.05, 4.69) is 21.7 Å². The fraction of sp³-hybridized carbons (Fsp3) is 0.250. The summed E-state index contributed by atoms with van der Waals surface area (Å²) in [5.41, 5.74) is 2.52. The summed E-state index contributed by atoms with van der Waals surface area (Å²) in [6, 6.07) is 16.0. The standard InChI is InChI=1S/C16H18N4/c1-13-8-9-16(20-15(13)12-17)19-11-5-10-18-14-6-3-2-4-7-14/h2-4,6-9,18H,5,10-11H2,1H3,(H,19,20). The van der Waals surface area contributed by atoms with Crippen LogP contribution >= 0.6 is 0 Å². The largest absolute Gasteiger partial charge is 0.385 e. The Hall–Kier alpha value is -2.54. The van der Waals surface area contributed by atoms with Gasteiger partial charge in [-0.25, -0.2) is 4.98 Å². The van der Waals surface area contributed by atoms with E-state index in [-0.39, 0.29) is 0 Å². The van der Waals surface area contributed by atoms with Gasteiger partial charge in [-0.15, -0.1) is 0 Å². The van der Waals surface area contributed by atoms with Crippen molar-refractivity contribution in [3.05, 3.63) is 53.7 Å². The van der Waals surface area contributed by atoms with Crippen molar-refractivity contribution in [2.24, 2.45) is 0 Å². The fourth-order valence-corrected chi connectivity index (χ4v) is 1.83. The molecule has 0 bridgehead atoms. The van der Waals surface area contributed by atoms with Gasteiger partial charge < -0.3 is 10.6 Å². The number of benzene rings is 1. The van der Waals surface area contributed by atoms with Gasteiger partial charge in [0.2, 0.25) is 0 Å². The van der Waals surface area contributed by atoms with E-state index in [9.17, 15) is 0 Å². The van der Waals surface area contributed by atoms with Crippen LogP contribution in [0.2, 0.25) is 0 Å². The second-order valence-electron chi connectivity index (χ2n) is 4.55. The molecule has 0 saturated carbocycles. The highest BCUT2D eigenvalue weighted by Crippen LogP contribution is 2.09. The van der Waals surface area contributed by atoms with Gasteiger partial charge in [-0.1, -0.05) is 24.3 Å². The first-order chi connectivity index (χ1) is 9.79. The molecular weight excluding hydrogens is 248 g/mol. The first-order valence-electron chi connectivity index (χ1n) is 6.70. The minimum absolute atomic E-state index is 0.484. The number of aromatic nitrogens is 1. The van der Waals surface area contributed by atoms with Crippen LogP contribution in [0.5, 0.6) is 0 Å². The number of para-hydroxylation sites is 1. The Morgan fingerprint density at radius 3 is 2.55 bits per heavy atom. The Morgan fingerprint density at radius 1 is 1.05 bits per heavy atom. The van der Waals surface area contributed by atoms with Crippen LogP contribution in [0.1, 0.15) is 17.7 Å². The van der Waals surface area contributed by atoms with Gasteiger partial charge in [0.1, 0.15) is 17.6 Å². The molecule has 1 aromatic carbocycles. The van der Waals surface area contributed by atoms with E-state index in [4.69, 9.17) is 5.26 Å². The Morgan fingerprint density at radius 2 is 1.80 bits per heavy atom. The minimum atomic E-state index is 0.484. The smallest absolute Gasteiger partial charge is 0.145 e. The summed E-state index contributed by atoms with van der Waals surface area (Å²) >= 11 is 0. The summed E-state index contributed by atoms with van der Waals surface area (Å²) in [6.45, 7) is 3.61. The van der Waals surface area contributed by atoms with Gasteiger partial charge in [0, 0.05) is 18.8 Å². The Kier molecular flexibility index (Phi) is 4.96. The topological polar surface area (TPSA) is 60.7 Å². The lowest BCUT2D eigenvalue weighted by molar-refractivity contribution is 0.903. The monoisotopic (exact) mass is 266 g/mol. The predicted molar refractivity (Wildman–Crippen MR) is 81.7 cm³/mol. The van der Waals surface area contributed by atoms with Crippen LogP contribution in [-0.4, -0.2) is 18.1 Å². The second kappa shape index (κ2) is 7.15. The van der Waals surface area contributed by atoms with Crippen LogP contribution in [0.3, 0.4) is 0 Å². The van der Waals surface area contributed by atoms with Crippen LogP contribution in [0.25, 0.3) is 0 Å². The predicted octanol–water partition coefficient (Wildman–Crippen LogP) is 3.18. The molecule has 0 aliphatic rings. The lowest BCUT2D eigenvalue weighted by Crippen LogP contribution is -2.10. The maximum atomic E-state index is 8.93. The molecule has 0 aliphatic carbocycles. The summed E-state index contributed by atoms with van der Waals surface area (Å²) in [6.07, 6.45) is 0.979. The highest BCUT2D eigenvalue weighted by molar-refractivity contribution is 5.43. The average molecular weight is 266 g/mol. The zero-order valence-electron chi connectivity index (χ0n) is 11.6. The molecule has 4 heteroatoms. The Balaban J connectivity index is 1.72. The van der Waals surface area contributed by atoms with Gasteiger partial charge in [0.25, 0.3) is 0 Å². The number of hydrogen-bond donors (Lipinski definition) is 2. The van der Waals surface area contributed by atoms with Gasteiger partial charge in [-0.3, -0.25) is 0 Å². The molecular formula is C16H18N4. The third kappa shape index (κ3) is 3.99. The molecule has 20 heavy (non-hydrogen) atoms. The second-order valence-corrected chi connectivity index (χ2v) is 4.55. The van der Waals surface area contributed by atoms with Crippen molar-refractivity contribution in [1.82, 2.24) is 4.98 Å². The first-order valence-corrected chi connectivity index (χ1v) is 6.70. The van der Waals surface area contributed by atoms with Crippen LogP contribution in [0, 0.1) is 18.3 Å². The molecule has 0 fully saturated rings. The first kappa shape index (κ1) is 13.9. The van der Waals surface area contributed by atoms with E-state index < -0.39 is 0 Å². The highest BCUT2D eigenvalue weighted by Gasteiger charge is 2.00. The molecule has 0 aliphatic heterocycles. The molecule has 1 heterocycles. The summed E-state index contributed by atoms with van der Waals surface area (Å²) in [7, 11) is 0. The number of nitrogens with one attached hydrogen (secondary N) is 2. The van der Waals surface area contributed by atoms with Crippen LogP contribution in [0.15, 0.2) is 42.5 Å². The van der Waals surface area contributed by atoms with E-state index >= 15 is 0 Å². The van der Waals surface area contributed by atoms with E-state index in [1.54, 1.807) is 0 Å². The molecule has 0 amide bonds. The van der Waals surface area contributed by atoms with Gasteiger partial charge in [0.05, 0.1) is 0 Å². The molecule has 0 spiro atoms. The summed E-state index contributed by atoms with van der Waals surface area (Å²) < 4.78 is 0. The van der Waals surface area contributed by atoms with Gasteiger partial charge in [-0.2, -0.15) is 5.26 Å². The number of pyridine rings is 1.